The predicted octanol–water partition coefficient (Wildman–Crippen LogP) is 2.69. The average Bonchev–Trinajstić information content (AvgIpc) is 2.78. The number of nitrogens with zero attached hydrogens (tertiary/aromatic N) is 2. The van der Waals surface area contributed by atoms with Crippen LogP contribution >= 0.6 is 11.8 Å². The molecule has 172 valence electrons. The highest BCUT2D eigenvalue weighted by atomic mass is 32.2. The standard InChI is InChI=1S/C22H27N3O5S2/c1-5-6-14-30-18-9-11-19(12-10-18)32(28,29)25(4)20(21(26)24-27)22(2,3)31-16-17-8-7-13-23-15-17/h7-13,15,20,27H,14,16H2,1-4H3,(H,24,26)/t20-/m1/s1. The van der Waals surface area contributed by atoms with Crippen LogP contribution in [0, 0.1) is 11.8 Å². The fourth-order valence-corrected chi connectivity index (χ4v) is 5.66. The number of benzene rings is 1. The van der Waals surface area contributed by atoms with Crippen LogP contribution in [0.25, 0.3) is 0 Å². The van der Waals surface area contributed by atoms with Crippen molar-refractivity contribution >= 4 is 27.7 Å². The number of aromatic nitrogens is 1. The summed E-state index contributed by atoms with van der Waals surface area (Å²) in [4.78, 5) is 16.6. The largest absolute Gasteiger partial charge is 0.481 e. The van der Waals surface area contributed by atoms with E-state index in [0.717, 1.165) is 9.87 Å². The van der Waals surface area contributed by atoms with Crippen molar-refractivity contribution in [2.75, 3.05) is 13.7 Å². The number of carbonyl (C=O) groups excluding carboxylic acids is 1. The molecule has 0 saturated carbocycles. The van der Waals surface area contributed by atoms with Crippen LogP contribution in [-0.4, -0.2) is 53.3 Å². The van der Waals surface area contributed by atoms with Gasteiger partial charge in [-0.15, -0.1) is 17.7 Å². The molecule has 0 spiro atoms. The molecule has 0 radical (unpaired) electrons. The maximum absolute atomic E-state index is 13.3. The quantitative estimate of drug-likeness (QED) is 0.308. The first kappa shape index (κ1) is 25.7. The highest BCUT2D eigenvalue weighted by Gasteiger charge is 2.43. The molecule has 1 amide bonds. The summed E-state index contributed by atoms with van der Waals surface area (Å²) in [5, 5.41) is 9.31. The van der Waals surface area contributed by atoms with E-state index in [1.165, 1.54) is 43.1 Å². The molecule has 0 aliphatic rings. The SMILES string of the molecule is CC#CCOc1ccc(S(=O)(=O)N(C)[C@H](C(=O)NO)C(C)(C)SCc2cccnc2)cc1. The van der Waals surface area contributed by atoms with Crippen molar-refractivity contribution in [2.24, 2.45) is 0 Å². The third kappa shape index (κ3) is 6.46. The summed E-state index contributed by atoms with van der Waals surface area (Å²) in [6, 6.07) is 8.39. The summed E-state index contributed by atoms with van der Waals surface area (Å²) >= 11 is 1.39. The van der Waals surface area contributed by atoms with Gasteiger partial charge in [0.2, 0.25) is 10.0 Å². The third-order valence-corrected chi connectivity index (χ3v) is 7.98. The van der Waals surface area contributed by atoms with Crippen molar-refractivity contribution in [1.82, 2.24) is 14.8 Å². The van der Waals surface area contributed by atoms with E-state index in [2.05, 4.69) is 16.8 Å². The van der Waals surface area contributed by atoms with Crippen molar-refractivity contribution in [1.29, 1.82) is 0 Å². The molecule has 0 aliphatic carbocycles. The first-order valence-corrected chi connectivity index (χ1v) is 12.1. The summed E-state index contributed by atoms with van der Waals surface area (Å²) in [5.41, 5.74) is 2.54. The lowest BCUT2D eigenvalue weighted by atomic mass is 10.0. The van der Waals surface area contributed by atoms with Crippen molar-refractivity contribution < 1.29 is 23.2 Å². The van der Waals surface area contributed by atoms with Crippen LogP contribution in [0.1, 0.15) is 26.3 Å². The normalized spacial score (nSPS) is 12.6. The van der Waals surface area contributed by atoms with Gasteiger partial charge in [-0.25, -0.2) is 13.9 Å². The molecule has 0 unspecified atom stereocenters. The predicted molar refractivity (Wildman–Crippen MR) is 124 cm³/mol. The van der Waals surface area contributed by atoms with Gasteiger partial charge in [0.1, 0.15) is 18.4 Å². The Morgan fingerprint density at radius 3 is 2.56 bits per heavy atom. The number of ether oxygens (including phenoxy) is 1. The fourth-order valence-electron chi connectivity index (χ4n) is 3.02. The van der Waals surface area contributed by atoms with Crippen molar-refractivity contribution in [3.05, 3.63) is 54.4 Å². The molecular weight excluding hydrogens is 450 g/mol. The van der Waals surface area contributed by atoms with Crippen LogP contribution in [0.15, 0.2) is 53.7 Å². The van der Waals surface area contributed by atoms with Gasteiger partial charge in [-0.2, -0.15) is 4.31 Å². The highest BCUT2D eigenvalue weighted by Crippen LogP contribution is 2.35. The fraction of sp³-hybridized carbons (Fsp3) is 0.364. The molecule has 10 heteroatoms. The molecule has 0 aliphatic heterocycles. The zero-order chi connectivity index (χ0) is 23.8. The summed E-state index contributed by atoms with van der Waals surface area (Å²) in [7, 11) is -2.73. The summed E-state index contributed by atoms with van der Waals surface area (Å²) in [6.07, 6.45) is 3.37. The van der Waals surface area contributed by atoms with E-state index in [-0.39, 0.29) is 11.5 Å². The van der Waals surface area contributed by atoms with Gasteiger partial charge in [0.25, 0.3) is 5.91 Å². The Morgan fingerprint density at radius 1 is 1.31 bits per heavy atom. The van der Waals surface area contributed by atoms with E-state index in [1.807, 2.05) is 6.07 Å². The number of amides is 1. The van der Waals surface area contributed by atoms with Gasteiger partial charge in [-0.1, -0.05) is 12.0 Å². The van der Waals surface area contributed by atoms with Crippen molar-refractivity contribution in [2.45, 2.75) is 42.2 Å². The Hall–Kier alpha value is -2.58. The number of carbonyl (C=O) groups is 1. The van der Waals surface area contributed by atoms with E-state index < -0.39 is 26.7 Å². The van der Waals surface area contributed by atoms with Crippen LogP contribution in [0.2, 0.25) is 0 Å². The van der Waals surface area contributed by atoms with Gasteiger partial charge in [0.05, 0.1) is 4.90 Å². The van der Waals surface area contributed by atoms with Crippen LogP contribution in [-0.2, 0) is 20.6 Å². The Morgan fingerprint density at radius 2 is 2.00 bits per heavy atom. The number of rotatable bonds is 10. The zero-order valence-electron chi connectivity index (χ0n) is 18.4. The van der Waals surface area contributed by atoms with E-state index in [9.17, 15) is 18.4 Å². The number of sulfonamides is 1. The lowest BCUT2D eigenvalue weighted by molar-refractivity contribution is -0.133. The minimum atomic E-state index is -4.05. The lowest BCUT2D eigenvalue weighted by Gasteiger charge is -2.37. The van der Waals surface area contributed by atoms with E-state index in [1.54, 1.807) is 44.7 Å². The van der Waals surface area contributed by atoms with E-state index >= 15 is 0 Å². The van der Waals surface area contributed by atoms with Crippen LogP contribution in [0.5, 0.6) is 5.75 Å². The van der Waals surface area contributed by atoms with Gasteiger partial charge in [0, 0.05) is 29.9 Å². The lowest BCUT2D eigenvalue weighted by Crippen LogP contribution is -2.56. The van der Waals surface area contributed by atoms with Crippen molar-refractivity contribution in [3.8, 4) is 17.6 Å². The Balaban J connectivity index is 2.27. The number of hydrogen-bond acceptors (Lipinski definition) is 7. The zero-order valence-corrected chi connectivity index (χ0v) is 20.0. The molecule has 0 fully saturated rings. The molecular formula is C22H27N3O5S2. The molecule has 0 saturated heterocycles. The molecule has 2 aromatic rings. The maximum atomic E-state index is 13.3. The van der Waals surface area contributed by atoms with Crippen molar-refractivity contribution in [3.63, 3.8) is 0 Å². The second-order valence-corrected chi connectivity index (χ2v) is 11.0. The van der Waals surface area contributed by atoms with Gasteiger partial charge in [-0.3, -0.25) is 15.0 Å². The summed E-state index contributed by atoms with van der Waals surface area (Å²) in [5.74, 6) is 5.64. The second kappa shape index (κ2) is 11.3. The number of hydrogen-bond donors (Lipinski definition) is 2. The van der Waals surface area contributed by atoms with Gasteiger partial charge in [0.15, 0.2) is 0 Å². The molecule has 0 bridgehead atoms. The first-order valence-electron chi connectivity index (χ1n) is 9.71. The molecule has 2 N–H and O–H groups in total. The third-order valence-electron chi connectivity index (χ3n) is 4.70. The minimum Gasteiger partial charge on any atom is -0.481 e. The first-order chi connectivity index (χ1) is 15.1. The van der Waals surface area contributed by atoms with Gasteiger partial charge < -0.3 is 4.74 Å². The Kier molecular flexibility index (Phi) is 9.09. The molecule has 1 heterocycles. The number of nitrogens with one attached hydrogen (secondary N) is 1. The summed E-state index contributed by atoms with van der Waals surface area (Å²) in [6.45, 7) is 5.41. The van der Waals surface area contributed by atoms with Crippen LogP contribution < -0.4 is 10.2 Å². The Bertz CT molecular complexity index is 1060. The van der Waals surface area contributed by atoms with E-state index in [4.69, 9.17) is 4.74 Å². The smallest absolute Gasteiger partial charge is 0.263 e. The maximum Gasteiger partial charge on any atom is 0.263 e. The number of pyridine rings is 1. The number of thioether (sulfide) groups is 1. The van der Waals surface area contributed by atoms with Crippen LogP contribution in [0.4, 0.5) is 0 Å². The molecule has 1 atom stereocenters. The topological polar surface area (TPSA) is 109 Å². The minimum absolute atomic E-state index is 0.00211. The summed E-state index contributed by atoms with van der Waals surface area (Å²) < 4.78 is 32.1. The monoisotopic (exact) mass is 477 g/mol. The molecule has 32 heavy (non-hydrogen) atoms. The number of likely N-dealkylation sites (N-methyl/N-ethyl adjacent to an activating group) is 1. The average molecular weight is 478 g/mol. The van der Waals surface area contributed by atoms with E-state index in [0.29, 0.717) is 11.5 Å². The van der Waals surface area contributed by atoms with Gasteiger partial charge in [-0.05, 0) is 56.7 Å². The highest BCUT2D eigenvalue weighted by molar-refractivity contribution is 8.00. The van der Waals surface area contributed by atoms with Gasteiger partial charge >= 0.3 is 0 Å². The Labute approximate surface area is 193 Å². The second-order valence-electron chi connectivity index (χ2n) is 7.34. The molecule has 2 rings (SSSR count). The molecule has 8 nitrogen and oxygen atoms in total. The molecule has 1 aromatic carbocycles. The van der Waals surface area contributed by atoms with Crippen LogP contribution in [0.3, 0.4) is 0 Å². The number of hydroxylamine groups is 1. The molecule has 1 aromatic heterocycles.